The largest absolute Gasteiger partial charge is 0.378 e. The predicted molar refractivity (Wildman–Crippen MR) is 113 cm³/mol. The lowest BCUT2D eigenvalue weighted by Crippen LogP contribution is -2.36. The molecule has 1 aromatic heterocycles. The van der Waals surface area contributed by atoms with Crippen LogP contribution in [-0.4, -0.2) is 32.2 Å². The molecule has 0 radical (unpaired) electrons. The van der Waals surface area contributed by atoms with Crippen molar-refractivity contribution in [2.24, 2.45) is 5.73 Å². The van der Waals surface area contributed by atoms with Crippen molar-refractivity contribution in [3.63, 3.8) is 0 Å². The summed E-state index contributed by atoms with van der Waals surface area (Å²) in [6.07, 6.45) is 1.53. The Labute approximate surface area is 167 Å². The molecule has 1 fully saturated rings. The van der Waals surface area contributed by atoms with E-state index in [9.17, 15) is 4.79 Å². The first-order valence-corrected chi connectivity index (χ1v) is 9.84. The number of carbonyl (C=O) groups is 1. The van der Waals surface area contributed by atoms with E-state index in [0.717, 1.165) is 41.6 Å². The molecule has 140 valence electrons. The van der Waals surface area contributed by atoms with Gasteiger partial charge in [-0.25, -0.2) is 0 Å². The molecule has 4 rings (SSSR count). The number of primary amides is 1. The Morgan fingerprint density at radius 1 is 1.11 bits per heavy atom. The highest BCUT2D eigenvalue weighted by Gasteiger charge is 2.12. The molecule has 1 aliphatic rings. The second-order valence-electron chi connectivity index (χ2n) is 6.58. The van der Waals surface area contributed by atoms with Crippen molar-refractivity contribution in [1.82, 2.24) is 0 Å². The van der Waals surface area contributed by atoms with Gasteiger partial charge in [-0.2, -0.15) is 5.26 Å². The fraction of sp³-hybridized carbons (Fsp3) is 0.182. The lowest BCUT2D eigenvalue weighted by molar-refractivity contribution is -0.114. The number of thiophene rings is 1. The van der Waals surface area contributed by atoms with Crippen molar-refractivity contribution < 1.29 is 9.53 Å². The number of rotatable bonds is 4. The monoisotopic (exact) mass is 389 g/mol. The third kappa shape index (κ3) is 3.77. The van der Waals surface area contributed by atoms with Gasteiger partial charge in [0.05, 0.1) is 13.2 Å². The number of hydrogen-bond acceptors (Lipinski definition) is 5. The van der Waals surface area contributed by atoms with Gasteiger partial charge in [-0.05, 0) is 52.7 Å². The van der Waals surface area contributed by atoms with Gasteiger partial charge < -0.3 is 15.4 Å². The Hall–Kier alpha value is -3.14. The van der Waals surface area contributed by atoms with Crippen molar-refractivity contribution in [2.45, 2.75) is 0 Å². The van der Waals surface area contributed by atoms with E-state index in [0.29, 0.717) is 0 Å². The van der Waals surface area contributed by atoms with E-state index in [-0.39, 0.29) is 5.57 Å². The minimum atomic E-state index is -0.709. The Balaban J connectivity index is 1.62. The average molecular weight is 389 g/mol. The number of benzene rings is 2. The molecule has 0 unspecified atom stereocenters. The number of hydrogen-bond donors (Lipinski definition) is 1. The summed E-state index contributed by atoms with van der Waals surface area (Å²) in [4.78, 5) is 15.5. The molecule has 2 heterocycles. The molecule has 6 heteroatoms. The number of anilines is 1. The van der Waals surface area contributed by atoms with Crippen LogP contribution in [0.15, 0.2) is 54.1 Å². The van der Waals surface area contributed by atoms with Crippen LogP contribution >= 0.6 is 11.3 Å². The third-order valence-electron chi connectivity index (χ3n) is 4.78. The van der Waals surface area contributed by atoms with Gasteiger partial charge >= 0.3 is 0 Å². The molecule has 0 saturated carbocycles. The lowest BCUT2D eigenvalue weighted by Gasteiger charge is -2.29. The first-order chi connectivity index (χ1) is 13.6. The van der Waals surface area contributed by atoms with Crippen molar-refractivity contribution in [2.75, 3.05) is 31.2 Å². The number of nitriles is 1. The second kappa shape index (κ2) is 7.85. The molecule has 3 aromatic rings. The zero-order valence-corrected chi connectivity index (χ0v) is 16.0. The minimum absolute atomic E-state index is 0.0393. The topological polar surface area (TPSA) is 79.3 Å². The number of fused-ring (bicyclic) bond motifs is 1. The maximum absolute atomic E-state index is 11.2. The summed E-state index contributed by atoms with van der Waals surface area (Å²) in [5, 5.41) is 11.4. The molecular formula is C22H19N3O2S. The van der Waals surface area contributed by atoms with Crippen molar-refractivity contribution in [3.8, 4) is 16.5 Å². The van der Waals surface area contributed by atoms with Crippen LogP contribution in [0.25, 0.3) is 27.3 Å². The van der Waals surface area contributed by atoms with Crippen LogP contribution in [0, 0.1) is 11.3 Å². The van der Waals surface area contributed by atoms with Crippen LogP contribution in [0.1, 0.15) is 4.88 Å². The Kier molecular flexibility index (Phi) is 5.11. The smallest absolute Gasteiger partial charge is 0.259 e. The highest BCUT2D eigenvalue weighted by Crippen LogP contribution is 2.32. The summed E-state index contributed by atoms with van der Waals surface area (Å²) in [5.41, 5.74) is 7.50. The number of ether oxygens (including phenoxy) is 1. The molecule has 0 aliphatic carbocycles. The molecule has 2 aromatic carbocycles. The van der Waals surface area contributed by atoms with E-state index in [1.807, 2.05) is 18.2 Å². The van der Waals surface area contributed by atoms with Gasteiger partial charge in [0.25, 0.3) is 5.91 Å². The standard InChI is InChI=1S/C22H19N3O2S/c23-14-18(22(24)26)13-20-5-6-21(28-20)17-2-1-16-12-19(4-3-15(16)11-17)25-7-9-27-10-8-25/h1-6,11-13H,7-10H2,(H2,24,26). The van der Waals surface area contributed by atoms with E-state index in [1.165, 1.54) is 33.9 Å². The highest BCUT2D eigenvalue weighted by molar-refractivity contribution is 7.16. The summed E-state index contributed by atoms with van der Waals surface area (Å²) >= 11 is 1.52. The summed E-state index contributed by atoms with van der Waals surface area (Å²) in [5.74, 6) is -0.709. The normalized spacial score (nSPS) is 14.8. The van der Waals surface area contributed by atoms with Crippen LogP contribution in [0.2, 0.25) is 0 Å². The van der Waals surface area contributed by atoms with Gasteiger partial charge in [-0.3, -0.25) is 4.79 Å². The summed E-state index contributed by atoms with van der Waals surface area (Å²) in [7, 11) is 0. The molecule has 28 heavy (non-hydrogen) atoms. The molecule has 1 aliphatic heterocycles. The molecule has 0 spiro atoms. The summed E-state index contributed by atoms with van der Waals surface area (Å²) < 4.78 is 5.43. The van der Waals surface area contributed by atoms with Gasteiger partial charge in [0.2, 0.25) is 0 Å². The molecule has 0 bridgehead atoms. The first-order valence-electron chi connectivity index (χ1n) is 9.02. The quantitative estimate of drug-likeness (QED) is 0.544. The molecule has 2 N–H and O–H groups in total. The van der Waals surface area contributed by atoms with Gasteiger partial charge in [0.15, 0.2) is 0 Å². The van der Waals surface area contributed by atoms with Crippen LogP contribution in [0.5, 0.6) is 0 Å². The molecule has 1 saturated heterocycles. The van der Waals surface area contributed by atoms with Gasteiger partial charge in [-0.15, -0.1) is 11.3 Å². The van der Waals surface area contributed by atoms with Crippen molar-refractivity contribution >= 4 is 39.8 Å². The Morgan fingerprint density at radius 2 is 1.86 bits per heavy atom. The van der Waals surface area contributed by atoms with Gasteiger partial charge in [0.1, 0.15) is 11.6 Å². The molecular weight excluding hydrogens is 370 g/mol. The molecule has 5 nitrogen and oxygen atoms in total. The van der Waals surface area contributed by atoms with E-state index in [1.54, 1.807) is 0 Å². The van der Waals surface area contributed by atoms with Crippen LogP contribution in [0.3, 0.4) is 0 Å². The number of morpholine rings is 1. The Bertz CT molecular complexity index is 1100. The predicted octanol–water partition coefficient (Wildman–Crippen LogP) is 3.80. The number of carbonyl (C=O) groups excluding carboxylic acids is 1. The minimum Gasteiger partial charge on any atom is -0.378 e. The fourth-order valence-corrected chi connectivity index (χ4v) is 4.24. The third-order valence-corrected chi connectivity index (χ3v) is 5.87. The number of nitrogens with two attached hydrogens (primary N) is 1. The van der Waals surface area contributed by atoms with Crippen molar-refractivity contribution in [3.05, 3.63) is 59.0 Å². The average Bonchev–Trinajstić information content (AvgIpc) is 3.20. The lowest BCUT2D eigenvalue weighted by atomic mass is 10.0. The first kappa shape index (κ1) is 18.2. The van der Waals surface area contributed by atoms with E-state index in [2.05, 4.69) is 41.3 Å². The van der Waals surface area contributed by atoms with Crippen LogP contribution in [-0.2, 0) is 9.53 Å². The van der Waals surface area contributed by atoms with Crippen LogP contribution < -0.4 is 10.6 Å². The SMILES string of the molecule is N#CC(=Cc1ccc(-c2ccc3cc(N4CCOCC4)ccc3c2)s1)C(N)=O. The summed E-state index contributed by atoms with van der Waals surface area (Å²) in [6, 6.07) is 18.7. The van der Waals surface area contributed by atoms with E-state index < -0.39 is 5.91 Å². The number of nitrogens with zero attached hydrogens (tertiary/aromatic N) is 2. The Morgan fingerprint density at radius 3 is 2.61 bits per heavy atom. The maximum Gasteiger partial charge on any atom is 0.259 e. The van der Waals surface area contributed by atoms with Gasteiger partial charge in [0, 0.05) is 28.5 Å². The molecule has 0 atom stereocenters. The fourth-order valence-electron chi connectivity index (χ4n) is 3.29. The zero-order valence-electron chi connectivity index (χ0n) is 15.2. The highest BCUT2D eigenvalue weighted by atomic mass is 32.1. The van der Waals surface area contributed by atoms with Crippen LogP contribution in [0.4, 0.5) is 5.69 Å². The molecule has 1 amide bonds. The van der Waals surface area contributed by atoms with E-state index in [4.69, 9.17) is 15.7 Å². The van der Waals surface area contributed by atoms with Crippen molar-refractivity contribution in [1.29, 1.82) is 5.26 Å². The second-order valence-corrected chi connectivity index (χ2v) is 7.70. The zero-order chi connectivity index (χ0) is 19.5. The maximum atomic E-state index is 11.2. The number of amides is 1. The summed E-state index contributed by atoms with van der Waals surface area (Å²) in [6.45, 7) is 3.39. The van der Waals surface area contributed by atoms with Gasteiger partial charge in [-0.1, -0.05) is 18.2 Å². The van der Waals surface area contributed by atoms with E-state index >= 15 is 0 Å².